The fourth-order valence-electron chi connectivity index (χ4n) is 2.78. The highest BCUT2D eigenvalue weighted by molar-refractivity contribution is 6.35. The lowest BCUT2D eigenvalue weighted by molar-refractivity contribution is -0.136. The molecule has 0 unspecified atom stereocenters. The molecule has 0 bridgehead atoms. The average molecular weight is 423 g/mol. The van der Waals surface area contributed by atoms with E-state index in [4.69, 9.17) is 29.8 Å². The number of benzene rings is 2. The van der Waals surface area contributed by atoms with E-state index in [9.17, 15) is 18.0 Å². The maximum Gasteiger partial charge on any atom is 0.407 e. The minimum atomic E-state index is -4.83. The standard InChI is InChI=1S/C20H11Cl2F3N2O/c1-26-18-15(20(23,24)25)10-17(12-5-3-2-4-6-12)27(19(18)28)11-13-7-8-14(21)9-16(13)22/h2-10H,11H2. The summed E-state index contributed by atoms with van der Waals surface area (Å²) in [6.07, 6.45) is -4.83. The van der Waals surface area contributed by atoms with E-state index in [-0.39, 0.29) is 17.3 Å². The van der Waals surface area contributed by atoms with Gasteiger partial charge in [-0.1, -0.05) is 59.6 Å². The molecule has 1 aromatic heterocycles. The van der Waals surface area contributed by atoms with Gasteiger partial charge in [-0.3, -0.25) is 4.79 Å². The van der Waals surface area contributed by atoms with E-state index in [1.807, 2.05) is 0 Å². The van der Waals surface area contributed by atoms with Gasteiger partial charge in [0.25, 0.3) is 11.2 Å². The Hall–Kier alpha value is -2.75. The Morgan fingerprint density at radius 2 is 1.71 bits per heavy atom. The zero-order chi connectivity index (χ0) is 20.5. The van der Waals surface area contributed by atoms with Crippen molar-refractivity contribution in [1.29, 1.82) is 0 Å². The SMILES string of the molecule is [C-]#[N+]c1c(C(F)(F)F)cc(-c2ccccc2)n(Cc2ccc(Cl)cc2Cl)c1=O. The van der Waals surface area contributed by atoms with E-state index < -0.39 is 23.0 Å². The molecule has 142 valence electrons. The highest BCUT2D eigenvalue weighted by Gasteiger charge is 2.36. The summed E-state index contributed by atoms with van der Waals surface area (Å²) in [4.78, 5) is 15.7. The number of alkyl halides is 3. The van der Waals surface area contributed by atoms with Crippen molar-refractivity contribution in [3.63, 3.8) is 0 Å². The molecule has 0 spiro atoms. The van der Waals surface area contributed by atoms with E-state index in [2.05, 4.69) is 4.85 Å². The van der Waals surface area contributed by atoms with Crippen LogP contribution in [0.15, 0.2) is 59.4 Å². The van der Waals surface area contributed by atoms with Crippen LogP contribution in [0.4, 0.5) is 18.9 Å². The van der Waals surface area contributed by atoms with Gasteiger partial charge in [0, 0.05) is 15.7 Å². The molecule has 0 aliphatic rings. The summed E-state index contributed by atoms with van der Waals surface area (Å²) in [5, 5.41) is 0.654. The minimum Gasteiger partial charge on any atom is -0.313 e. The van der Waals surface area contributed by atoms with E-state index >= 15 is 0 Å². The summed E-state index contributed by atoms with van der Waals surface area (Å²) in [6.45, 7) is 6.98. The van der Waals surface area contributed by atoms with Crippen LogP contribution in [0.5, 0.6) is 0 Å². The molecular formula is C20H11Cl2F3N2O. The monoisotopic (exact) mass is 422 g/mol. The van der Waals surface area contributed by atoms with E-state index in [0.717, 1.165) is 10.6 Å². The van der Waals surface area contributed by atoms with Crippen LogP contribution in [0.3, 0.4) is 0 Å². The summed E-state index contributed by atoms with van der Waals surface area (Å²) >= 11 is 12.0. The quantitative estimate of drug-likeness (QED) is 0.446. The lowest BCUT2D eigenvalue weighted by Crippen LogP contribution is -2.25. The predicted molar refractivity (Wildman–Crippen MR) is 103 cm³/mol. The first kappa shape index (κ1) is 20.0. The number of aromatic nitrogens is 1. The predicted octanol–water partition coefficient (Wildman–Crippen LogP) is 6.44. The van der Waals surface area contributed by atoms with E-state index in [0.29, 0.717) is 16.1 Å². The Morgan fingerprint density at radius 1 is 1.04 bits per heavy atom. The molecule has 0 aliphatic carbocycles. The zero-order valence-corrected chi connectivity index (χ0v) is 15.6. The lowest BCUT2D eigenvalue weighted by atomic mass is 10.1. The molecule has 0 fully saturated rings. The molecule has 3 aromatic rings. The summed E-state index contributed by atoms with van der Waals surface area (Å²) < 4.78 is 41.5. The molecule has 0 aliphatic heterocycles. The second kappa shape index (κ2) is 7.70. The molecular weight excluding hydrogens is 412 g/mol. The normalized spacial score (nSPS) is 11.3. The molecule has 0 N–H and O–H groups in total. The van der Waals surface area contributed by atoms with E-state index in [1.165, 1.54) is 6.07 Å². The van der Waals surface area contributed by atoms with Crippen molar-refractivity contribution in [3.8, 4) is 11.3 Å². The topological polar surface area (TPSA) is 26.4 Å². The van der Waals surface area contributed by atoms with Gasteiger partial charge in [-0.05, 0) is 29.3 Å². The molecule has 3 nitrogen and oxygen atoms in total. The highest BCUT2D eigenvalue weighted by Crippen LogP contribution is 2.37. The Balaban J connectivity index is 2.31. The fourth-order valence-corrected chi connectivity index (χ4v) is 3.25. The smallest absolute Gasteiger partial charge is 0.313 e. The van der Waals surface area contributed by atoms with Gasteiger partial charge in [0.2, 0.25) is 0 Å². The van der Waals surface area contributed by atoms with Crippen LogP contribution in [0, 0.1) is 6.57 Å². The van der Waals surface area contributed by atoms with Crippen molar-refractivity contribution < 1.29 is 13.2 Å². The Bertz CT molecular complexity index is 1130. The van der Waals surface area contributed by atoms with Crippen molar-refractivity contribution in [2.45, 2.75) is 12.7 Å². The first-order valence-corrected chi connectivity index (χ1v) is 8.70. The van der Waals surface area contributed by atoms with Gasteiger partial charge in [-0.15, -0.1) is 0 Å². The number of hydrogen-bond donors (Lipinski definition) is 0. The minimum absolute atomic E-state index is 0.0383. The van der Waals surface area contributed by atoms with Gasteiger partial charge in [-0.2, -0.15) is 13.2 Å². The third kappa shape index (κ3) is 3.91. The van der Waals surface area contributed by atoms with Gasteiger partial charge in [-0.25, -0.2) is 4.85 Å². The summed E-state index contributed by atoms with van der Waals surface area (Å²) in [5.41, 5.74) is -2.33. The number of rotatable bonds is 3. The second-order valence-electron chi connectivity index (χ2n) is 5.89. The third-order valence-corrected chi connectivity index (χ3v) is 4.69. The summed E-state index contributed by atoms with van der Waals surface area (Å²) in [6, 6.07) is 13.6. The van der Waals surface area contributed by atoms with Crippen LogP contribution < -0.4 is 5.56 Å². The van der Waals surface area contributed by atoms with Gasteiger partial charge < -0.3 is 4.57 Å². The molecule has 0 saturated carbocycles. The van der Waals surface area contributed by atoms with Gasteiger partial charge in [0.15, 0.2) is 0 Å². The Kier molecular flexibility index (Phi) is 5.50. The number of nitrogens with zero attached hydrogens (tertiary/aromatic N) is 2. The van der Waals surface area contributed by atoms with Crippen LogP contribution in [0.2, 0.25) is 10.0 Å². The van der Waals surface area contributed by atoms with Crippen molar-refractivity contribution in [3.05, 3.63) is 97.5 Å². The largest absolute Gasteiger partial charge is 0.407 e. The maximum absolute atomic E-state index is 13.5. The molecule has 28 heavy (non-hydrogen) atoms. The first-order valence-electron chi connectivity index (χ1n) is 7.94. The first-order chi connectivity index (χ1) is 13.2. The number of pyridine rings is 1. The maximum atomic E-state index is 13.5. The molecule has 2 aromatic carbocycles. The van der Waals surface area contributed by atoms with Gasteiger partial charge in [0.05, 0.1) is 18.7 Å². The van der Waals surface area contributed by atoms with Crippen LogP contribution in [0.1, 0.15) is 11.1 Å². The molecule has 1 heterocycles. The summed E-state index contributed by atoms with van der Waals surface area (Å²) in [7, 11) is 0. The third-order valence-electron chi connectivity index (χ3n) is 4.11. The van der Waals surface area contributed by atoms with Gasteiger partial charge in [0.1, 0.15) is 0 Å². The van der Waals surface area contributed by atoms with Crippen LogP contribution in [-0.4, -0.2) is 4.57 Å². The fraction of sp³-hybridized carbons (Fsp3) is 0.100. The van der Waals surface area contributed by atoms with Crippen LogP contribution in [0.25, 0.3) is 16.1 Å². The molecule has 0 atom stereocenters. The number of halogens is 5. The average Bonchev–Trinajstić information content (AvgIpc) is 2.64. The van der Waals surface area contributed by atoms with Crippen molar-refractivity contribution in [2.24, 2.45) is 0 Å². The Labute approximate surface area is 168 Å². The van der Waals surface area contributed by atoms with Crippen molar-refractivity contribution in [1.82, 2.24) is 4.57 Å². The second-order valence-corrected chi connectivity index (χ2v) is 6.74. The van der Waals surface area contributed by atoms with E-state index in [1.54, 1.807) is 42.5 Å². The molecule has 0 amide bonds. The lowest BCUT2D eigenvalue weighted by Gasteiger charge is -2.18. The Morgan fingerprint density at radius 3 is 2.29 bits per heavy atom. The molecule has 8 heteroatoms. The number of hydrogen-bond acceptors (Lipinski definition) is 1. The molecule has 3 rings (SSSR count). The zero-order valence-electron chi connectivity index (χ0n) is 14.1. The molecule has 0 radical (unpaired) electrons. The van der Waals surface area contributed by atoms with Crippen molar-refractivity contribution >= 4 is 28.9 Å². The van der Waals surface area contributed by atoms with Crippen LogP contribution >= 0.6 is 23.2 Å². The van der Waals surface area contributed by atoms with Crippen LogP contribution in [-0.2, 0) is 12.7 Å². The molecule has 0 saturated heterocycles. The van der Waals surface area contributed by atoms with Crippen molar-refractivity contribution in [2.75, 3.05) is 0 Å². The highest BCUT2D eigenvalue weighted by atomic mass is 35.5. The van der Waals surface area contributed by atoms with Gasteiger partial charge >= 0.3 is 6.18 Å². The summed E-state index contributed by atoms with van der Waals surface area (Å²) in [5.74, 6) is 0.